The van der Waals surface area contributed by atoms with Crippen LogP contribution in [0.4, 0.5) is 0 Å². The van der Waals surface area contributed by atoms with E-state index in [-0.39, 0.29) is 0 Å². The zero-order valence-electron chi connectivity index (χ0n) is 6.07. The molecule has 0 heterocycles. The molecule has 0 bridgehead atoms. The molecule has 0 heteroatoms. The van der Waals surface area contributed by atoms with Gasteiger partial charge >= 0.3 is 0 Å². The highest BCUT2D eigenvalue weighted by Gasteiger charge is 2.54. The van der Waals surface area contributed by atoms with Gasteiger partial charge in [-0.05, 0) is 24.0 Å². The second-order valence-electron chi connectivity index (χ2n) is 2.79. The van der Waals surface area contributed by atoms with Gasteiger partial charge in [0.1, 0.15) is 0 Å². The second kappa shape index (κ2) is 1.50. The fourth-order valence-electron chi connectivity index (χ4n) is 1.64. The van der Waals surface area contributed by atoms with E-state index in [1.54, 1.807) is 16.7 Å². The molecule has 0 aromatic carbocycles. The maximum Gasteiger partial charge on any atom is 0.0307 e. The Bertz CT molecular complexity index is 202. The first kappa shape index (κ1) is 5.28. The van der Waals surface area contributed by atoms with Crippen LogP contribution in [0.5, 0.6) is 0 Å². The zero-order valence-corrected chi connectivity index (χ0v) is 6.07. The SMILES string of the molecule is CCC=C1C2=C(CC)C12. The maximum absolute atomic E-state index is 2.36. The van der Waals surface area contributed by atoms with Gasteiger partial charge in [0.15, 0.2) is 0 Å². The van der Waals surface area contributed by atoms with E-state index in [2.05, 4.69) is 19.9 Å². The van der Waals surface area contributed by atoms with E-state index in [4.69, 9.17) is 0 Å². The van der Waals surface area contributed by atoms with Crippen molar-refractivity contribution in [3.8, 4) is 0 Å². The molecule has 0 aliphatic heterocycles. The molecule has 1 atom stereocenters. The summed E-state index contributed by atoms with van der Waals surface area (Å²) in [6.07, 6.45) is 4.87. The Kier molecular flexibility index (Phi) is 0.879. The lowest BCUT2D eigenvalue weighted by atomic mass is 10.2. The molecular formula is C9H12. The molecule has 2 aliphatic carbocycles. The Morgan fingerprint density at radius 3 is 2.56 bits per heavy atom. The van der Waals surface area contributed by atoms with Crippen molar-refractivity contribution in [2.45, 2.75) is 26.7 Å². The molecule has 0 amide bonds. The summed E-state index contributed by atoms with van der Waals surface area (Å²) in [6.45, 7) is 4.45. The Hall–Kier alpha value is -0.520. The summed E-state index contributed by atoms with van der Waals surface area (Å²) in [6, 6.07) is 0. The van der Waals surface area contributed by atoms with Crippen LogP contribution in [0.1, 0.15) is 26.7 Å². The van der Waals surface area contributed by atoms with Gasteiger partial charge in [-0.3, -0.25) is 0 Å². The first-order valence-corrected chi connectivity index (χ1v) is 3.83. The van der Waals surface area contributed by atoms with Gasteiger partial charge in [-0.2, -0.15) is 0 Å². The van der Waals surface area contributed by atoms with Crippen molar-refractivity contribution in [1.82, 2.24) is 0 Å². The fraction of sp³-hybridized carbons (Fsp3) is 0.556. The number of rotatable bonds is 2. The predicted octanol–water partition coefficient (Wildman–Crippen LogP) is 2.67. The lowest BCUT2D eigenvalue weighted by Gasteiger charge is -1.88. The van der Waals surface area contributed by atoms with Crippen molar-refractivity contribution >= 4 is 0 Å². The Morgan fingerprint density at radius 1 is 1.44 bits per heavy atom. The molecule has 48 valence electrons. The molecule has 1 unspecified atom stereocenters. The second-order valence-corrected chi connectivity index (χ2v) is 2.79. The fourth-order valence-corrected chi connectivity index (χ4v) is 1.64. The summed E-state index contributed by atoms with van der Waals surface area (Å²) in [5.74, 6) is 0.912. The molecule has 2 rings (SSSR count). The minimum absolute atomic E-state index is 0.912. The lowest BCUT2D eigenvalue weighted by molar-refractivity contribution is 1.05. The van der Waals surface area contributed by atoms with Crippen LogP contribution in [-0.2, 0) is 0 Å². The van der Waals surface area contributed by atoms with Crippen molar-refractivity contribution in [3.63, 3.8) is 0 Å². The van der Waals surface area contributed by atoms with Gasteiger partial charge in [0.25, 0.3) is 0 Å². The highest BCUT2D eigenvalue weighted by Crippen LogP contribution is 2.67. The third-order valence-corrected chi connectivity index (χ3v) is 2.24. The highest BCUT2D eigenvalue weighted by molar-refractivity contribution is 5.78. The first-order chi connectivity index (χ1) is 4.40. The van der Waals surface area contributed by atoms with Crippen molar-refractivity contribution in [3.05, 3.63) is 22.8 Å². The van der Waals surface area contributed by atoms with Crippen LogP contribution in [0.15, 0.2) is 22.8 Å². The summed E-state index contributed by atoms with van der Waals surface area (Å²) >= 11 is 0. The predicted molar refractivity (Wildman–Crippen MR) is 39.2 cm³/mol. The molecule has 2 aliphatic rings. The Balaban J connectivity index is 2.03. The minimum atomic E-state index is 0.912. The van der Waals surface area contributed by atoms with E-state index in [0.29, 0.717) is 0 Å². The quantitative estimate of drug-likeness (QED) is 0.525. The van der Waals surface area contributed by atoms with E-state index in [0.717, 1.165) is 5.92 Å². The van der Waals surface area contributed by atoms with Crippen LogP contribution in [0.3, 0.4) is 0 Å². The van der Waals surface area contributed by atoms with Gasteiger partial charge in [-0.25, -0.2) is 0 Å². The van der Waals surface area contributed by atoms with Crippen LogP contribution in [0, 0.1) is 5.92 Å². The molecule has 0 aromatic rings. The minimum Gasteiger partial charge on any atom is -0.0803 e. The third kappa shape index (κ3) is 0.536. The largest absolute Gasteiger partial charge is 0.0803 e. The van der Waals surface area contributed by atoms with E-state index in [1.807, 2.05) is 0 Å². The van der Waals surface area contributed by atoms with Crippen LogP contribution in [-0.4, -0.2) is 0 Å². The number of hydrogen-bond acceptors (Lipinski definition) is 0. The smallest absolute Gasteiger partial charge is 0.0307 e. The van der Waals surface area contributed by atoms with Crippen molar-refractivity contribution in [2.75, 3.05) is 0 Å². The summed E-state index contributed by atoms with van der Waals surface area (Å²) < 4.78 is 0. The maximum atomic E-state index is 2.36. The first-order valence-electron chi connectivity index (χ1n) is 3.83. The molecule has 0 radical (unpaired) electrons. The molecule has 0 N–H and O–H groups in total. The Morgan fingerprint density at radius 2 is 2.11 bits per heavy atom. The van der Waals surface area contributed by atoms with Crippen molar-refractivity contribution < 1.29 is 0 Å². The van der Waals surface area contributed by atoms with Crippen LogP contribution >= 0.6 is 0 Å². The molecule has 0 saturated heterocycles. The summed E-state index contributed by atoms with van der Waals surface area (Å²) in [7, 11) is 0. The lowest BCUT2D eigenvalue weighted by Crippen LogP contribution is -1.72. The summed E-state index contributed by atoms with van der Waals surface area (Å²) in [5, 5.41) is 0. The molecule has 1 fully saturated rings. The molecule has 9 heavy (non-hydrogen) atoms. The van der Waals surface area contributed by atoms with Crippen molar-refractivity contribution in [2.24, 2.45) is 5.92 Å². The van der Waals surface area contributed by atoms with Crippen LogP contribution in [0.2, 0.25) is 0 Å². The van der Waals surface area contributed by atoms with Gasteiger partial charge in [0.2, 0.25) is 0 Å². The topological polar surface area (TPSA) is 0 Å². The average molecular weight is 120 g/mol. The van der Waals surface area contributed by atoms with Gasteiger partial charge < -0.3 is 0 Å². The average Bonchev–Trinajstić information content (AvgIpc) is 2.67. The molecule has 1 saturated carbocycles. The van der Waals surface area contributed by atoms with Gasteiger partial charge in [-0.15, -0.1) is 0 Å². The number of fused-ring (bicyclic) bond motifs is 1. The Labute approximate surface area is 56.3 Å². The molecule has 0 aromatic heterocycles. The van der Waals surface area contributed by atoms with Gasteiger partial charge in [-0.1, -0.05) is 25.5 Å². The standard InChI is InChI=1S/C9H12/c1-3-5-7-8-6(4-2)9(7)8/h5,8H,3-4H2,1-2H3. The van der Waals surface area contributed by atoms with Gasteiger partial charge in [0.05, 0.1) is 0 Å². The molecular weight excluding hydrogens is 108 g/mol. The van der Waals surface area contributed by atoms with Crippen LogP contribution in [0.25, 0.3) is 0 Å². The normalized spacial score (nSPS) is 33.1. The van der Waals surface area contributed by atoms with E-state index < -0.39 is 0 Å². The van der Waals surface area contributed by atoms with E-state index in [1.165, 1.54) is 12.8 Å². The molecule has 0 nitrogen and oxygen atoms in total. The monoisotopic (exact) mass is 120 g/mol. The van der Waals surface area contributed by atoms with E-state index >= 15 is 0 Å². The summed E-state index contributed by atoms with van der Waals surface area (Å²) in [4.78, 5) is 0. The van der Waals surface area contributed by atoms with Crippen molar-refractivity contribution in [1.29, 1.82) is 0 Å². The highest BCUT2D eigenvalue weighted by atomic mass is 14.6. The third-order valence-electron chi connectivity index (χ3n) is 2.24. The zero-order chi connectivity index (χ0) is 6.43. The van der Waals surface area contributed by atoms with Gasteiger partial charge in [0, 0.05) is 5.92 Å². The number of allylic oxidation sites excluding steroid dienone is 4. The van der Waals surface area contributed by atoms with E-state index in [9.17, 15) is 0 Å². The van der Waals surface area contributed by atoms with Crippen LogP contribution < -0.4 is 0 Å². The number of hydrogen-bond donors (Lipinski definition) is 0. The summed E-state index contributed by atoms with van der Waals surface area (Å²) in [5.41, 5.74) is 5.10. The molecule has 0 spiro atoms.